The van der Waals surface area contributed by atoms with Crippen molar-refractivity contribution in [3.8, 4) is 11.5 Å². The van der Waals surface area contributed by atoms with Crippen molar-refractivity contribution in [1.82, 2.24) is 4.90 Å². The summed E-state index contributed by atoms with van der Waals surface area (Å²) in [6.07, 6.45) is 3.61. The van der Waals surface area contributed by atoms with Crippen LogP contribution in [-0.4, -0.2) is 37.1 Å². The number of nitrogens with two attached hydrogens (primary N) is 1. The predicted octanol–water partition coefficient (Wildman–Crippen LogP) is 3.85. The van der Waals surface area contributed by atoms with Crippen LogP contribution in [0.25, 0.3) is 0 Å². The molecule has 0 bridgehead atoms. The van der Waals surface area contributed by atoms with Crippen molar-refractivity contribution in [2.75, 3.05) is 20.8 Å². The molecule has 27 heavy (non-hydrogen) atoms. The molecule has 0 saturated carbocycles. The van der Waals surface area contributed by atoms with Crippen LogP contribution in [0.3, 0.4) is 0 Å². The molecule has 5 nitrogen and oxygen atoms in total. The van der Waals surface area contributed by atoms with E-state index >= 15 is 0 Å². The maximum atomic E-state index is 12.8. The second-order valence-electron chi connectivity index (χ2n) is 7.14. The van der Waals surface area contributed by atoms with Gasteiger partial charge in [0.25, 0.3) is 5.91 Å². The number of nitrogens with zero attached hydrogens (tertiary/aromatic N) is 1. The first kappa shape index (κ1) is 19.7. The van der Waals surface area contributed by atoms with Crippen molar-refractivity contribution in [3.63, 3.8) is 0 Å². The second-order valence-corrected chi connectivity index (χ2v) is 8.17. The molecule has 0 aliphatic carbocycles. The van der Waals surface area contributed by atoms with Crippen molar-refractivity contribution in [3.05, 3.63) is 45.6 Å². The molecule has 6 heteroatoms. The van der Waals surface area contributed by atoms with Crippen molar-refractivity contribution < 1.29 is 14.3 Å². The molecule has 1 aliphatic heterocycles. The van der Waals surface area contributed by atoms with E-state index in [9.17, 15) is 4.79 Å². The van der Waals surface area contributed by atoms with E-state index in [-0.39, 0.29) is 11.4 Å². The highest BCUT2D eigenvalue weighted by Crippen LogP contribution is 2.35. The van der Waals surface area contributed by atoms with Gasteiger partial charge in [-0.1, -0.05) is 13.0 Å². The summed E-state index contributed by atoms with van der Waals surface area (Å²) in [6, 6.07) is 7.91. The Morgan fingerprint density at radius 3 is 2.59 bits per heavy atom. The van der Waals surface area contributed by atoms with Crippen LogP contribution in [-0.2, 0) is 13.0 Å². The van der Waals surface area contributed by atoms with Crippen molar-refractivity contribution in [2.24, 2.45) is 5.73 Å². The Bertz CT molecular complexity index is 791. The van der Waals surface area contributed by atoms with E-state index < -0.39 is 0 Å². The molecule has 0 saturated heterocycles. The Morgan fingerprint density at radius 2 is 1.96 bits per heavy atom. The van der Waals surface area contributed by atoms with Crippen LogP contribution in [0, 0.1) is 0 Å². The molecule has 1 aliphatic rings. The van der Waals surface area contributed by atoms with Gasteiger partial charge in [-0.3, -0.25) is 4.79 Å². The van der Waals surface area contributed by atoms with Crippen LogP contribution in [0.1, 0.15) is 47.0 Å². The highest BCUT2D eigenvalue weighted by Gasteiger charge is 2.31. The lowest BCUT2D eigenvalue weighted by atomic mass is 9.87. The smallest absolute Gasteiger partial charge is 0.254 e. The van der Waals surface area contributed by atoms with Gasteiger partial charge in [-0.25, -0.2) is 0 Å². The fourth-order valence-corrected chi connectivity index (χ4v) is 4.25. The second kappa shape index (κ2) is 8.31. The molecule has 3 rings (SSSR count). The normalized spacial score (nSPS) is 15.6. The van der Waals surface area contributed by atoms with Gasteiger partial charge in [0.15, 0.2) is 11.5 Å². The quantitative estimate of drug-likeness (QED) is 0.709. The summed E-state index contributed by atoms with van der Waals surface area (Å²) >= 11 is 1.77. The summed E-state index contributed by atoms with van der Waals surface area (Å²) in [7, 11) is 3.19. The Hall–Kier alpha value is -2.05. The number of fused-ring (bicyclic) bond motifs is 1. The molecular weight excluding hydrogens is 360 g/mol. The van der Waals surface area contributed by atoms with Crippen molar-refractivity contribution in [1.29, 1.82) is 0 Å². The number of amides is 1. The van der Waals surface area contributed by atoms with E-state index in [0.29, 0.717) is 30.2 Å². The van der Waals surface area contributed by atoms with Gasteiger partial charge >= 0.3 is 0 Å². The summed E-state index contributed by atoms with van der Waals surface area (Å²) in [5.41, 5.74) is 8.09. The summed E-state index contributed by atoms with van der Waals surface area (Å²) in [5, 5.41) is 2.10. The standard InChI is InChI=1S/C21H28N2O3S/c1-4-21(22,8-7-16-6-5-11-27-16)9-10-23-14-15-12-18(25-2)19(26-3)13-17(15)20(23)24/h5-6,11-13H,4,7-10,14,22H2,1-3H3. The summed E-state index contributed by atoms with van der Waals surface area (Å²) < 4.78 is 10.7. The zero-order valence-corrected chi connectivity index (χ0v) is 17.1. The Morgan fingerprint density at radius 1 is 1.22 bits per heavy atom. The SMILES string of the molecule is CCC(N)(CCc1cccs1)CCN1Cc2cc(OC)c(OC)cc2C1=O. The van der Waals surface area contributed by atoms with Crippen LogP contribution in [0.2, 0.25) is 0 Å². The lowest BCUT2D eigenvalue weighted by Gasteiger charge is -2.30. The van der Waals surface area contributed by atoms with Gasteiger partial charge in [0.2, 0.25) is 0 Å². The Kier molecular flexibility index (Phi) is 6.07. The molecule has 2 aromatic rings. The monoisotopic (exact) mass is 388 g/mol. The minimum Gasteiger partial charge on any atom is -0.493 e. The van der Waals surface area contributed by atoms with Gasteiger partial charge < -0.3 is 20.1 Å². The number of hydrogen-bond donors (Lipinski definition) is 1. The first-order valence-corrected chi connectivity index (χ1v) is 10.2. The van der Waals surface area contributed by atoms with Crippen LogP contribution >= 0.6 is 11.3 Å². The van der Waals surface area contributed by atoms with E-state index in [2.05, 4.69) is 24.4 Å². The van der Waals surface area contributed by atoms with Gasteiger partial charge in [0, 0.05) is 29.1 Å². The third-order valence-electron chi connectivity index (χ3n) is 5.52. The van der Waals surface area contributed by atoms with Gasteiger partial charge in [0.1, 0.15) is 0 Å². The number of benzene rings is 1. The van der Waals surface area contributed by atoms with Crippen LogP contribution < -0.4 is 15.2 Å². The Balaban J connectivity index is 1.64. The highest BCUT2D eigenvalue weighted by atomic mass is 32.1. The number of ether oxygens (including phenoxy) is 2. The van der Waals surface area contributed by atoms with Crippen molar-refractivity contribution in [2.45, 2.75) is 44.7 Å². The number of aryl methyl sites for hydroxylation is 1. The molecule has 1 aromatic carbocycles. The number of rotatable bonds is 9. The van der Waals surface area contributed by atoms with E-state index in [1.165, 1.54) is 4.88 Å². The number of methoxy groups -OCH3 is 2. The zero-order valence-electron chi connectivity index (χ0n) is 16.3. The number of carbonyl (C=O) groups is 1. The molecular formula is C21H28N2O3S. The lowest BCUT2D eigenvalue weighted by molar-refractivity contribution is 0.0763. The molecule has 1 atom stereocenters. The van der Waals surface area contributed by atoms with E-state index in [1.54, 1.807) is 31.6 Å². The van der Waals surface area contributed by atoms with E-state index in [0.717, 1.165) is 31.2 Å². The van der Waals surface area contributed by atoms with Gasteiger partial charge in [-0.2, -0.15) is 0 Å². The molecule has 2 heterocycles. The lowest BCUT2D eigenvalue weighted by Crippen LogP contribution is -2.43. The molecule has 0 fully saturated rings. The molecule has 2 N–H and O–H groups in total. The van der Waals surface area contributed by atoms with Crippen molar-refractivity contribution >= 4 is 17.2 Å². The maximum absolute atomic E-state index is 12.8. The van der Waals surface area contributed by atoms with Gasteiger partial charge in [-0.15, -0.1) is 11.3 Å². The van der Waals surface area contributed by atoms with Crippen LogP contribution in [0.15, 0.2) is 29.6 Å². The summed E-state index contributed by atoms with van der Waals surface area (Å²) in [4.78, 5) is 16.0. The Labute approximate surface area is 165 Å². The topological polar surface area (TPSA) is 64.8 Å². The minimum atomic E-state index is -0.256. The fourth-order valence-electron chi connectivity index (χ4n) is 3.54. The minimum absolute atomic E-state index is 0.0441. The predicted molar refractivity (Wildman–Crippen MR) is 109 cm³/mol. The first-order valence-electron chi connectivity index (χ1n) is 9.35. The molecule has 0 spiro atoms. The number of carbonyl (C=O) groups excluding carboxylic acids is 1. The number of hydrogen-bond acceptors (Lipinski definition) is 5. The average molecular weight is 389 g/mol. The molecule has 146 valence electrons. The highest BCUT2D eigenvalue weighted by molar-refractivity contribution is 7.09. The van der Waals surface area contributed by atoms with Gasteiger partial charge in [0.05, 0.1) is 14.2 Å². The third kappa shape index (κ3) is 4.28. The van der Waals surface area contributed by atoms with E-state index in [4.69, 9.17) is 15.2 Å². The average Bonchev–Trinajstić information content (AvgIpc) is 3.32. The fraction of sp³-hybridized carbons (Fsp3) is 0.476. The largest absolute Gasteiger partial charge is 0.493 e. The summed E-state index contributed by atoms with van der Waals surface area (Å²) in [6.45, 7) is 3.39. The van der Waals surface area contributed by atoms with Gasteiger partial charge in [-0.05, 0) is 54.8 Å². The molecule has 1 aromatic heterocycles. The molecule has 0 radical (unpaired) electrons. The first-order chi connectivity index (χ1) is 13.0. The van der Waals surface area contributed by atoms with E-state index in [1.807, 2.05) is 11.0 Å². The molecule has 1 unspecified atom stereocenters. The number of thiophene rings is 1. The molecule has 1 amide bonds. The maximum Gasteiger partial charge on any atom is 0.254 e. The third-order valence-corrected chi connectivity index (χ3v) is 6.46. The van der Waals surface area contributed by atoms with Crippen LogP contribution in [0.5, 0.6) is 11.5 Å². The summed E-state index contributed by atoms with van der Waals surface area (Å²) in [5.74, 6) is 1.29. The zero-order chi connectivity index (χ0) is 19.4. The van der Waals surface area contributed by atoms with Crippen LogP contribution in [0.4, 0.5) is 0 Å².